The summed E-state index contributed by atoms with van der Waals surface area (Å²) in [6, 6.07) is 12.4. The normalized spacial score (nSPS) is 10.2. The molecule has 28 heavy (non-hydrogen) atoms. The van der Waals surface area contributed by atoms with E-state index in [1.165, 1.54) is 5.56 Å². The van der Waals surface area contributed by atoms with Crippen LogP contribution in [0.5, 0.6) is 0 Å². The first kappa shape index (κ1) is 21.0. The van der Waals surface area contributed by atoms with Gasteiger partial charge >= 0.3 is 5.97 Å². The quantitative estimate of drug-likeness (QED) is 0.498. The molecule has 0 aliphatic carbocycles. The van der Waals surface area contributed by atoms with Gasteiger partial charge in [0.15, 0.2) is 0 Å². The number of aliphatic carboxylic acids is 1. The van der Waals surface area contributed by atoms with Crippen LogP contribution in [0.3, 0.4) is 0 Å². The predicted octanol–water partition coefficient (Wildman–Crippen LogP) is 2.95. The lowest BCUT2D eigenvalue weighted by Crippen LogP contribution is -2.25. The van der Waals surface area contributed by atoms with Crippen molar-refractivity contribution in [2.75, 3.05) is 23.7 Å². The number of hydrogen-bond donors (Lipinski definition) is 4. The van der Waals surface area contributed by atoms with Gasteiger partial charge in [-0.15, -0.1) is 0 Å². The highest BCUT2D eigenvalue weighted by atomic mass is 16.4. The highest BCUT2D eigenvalue weighted by Crippen LogP contribution is 2.14. The number of nitrogens with one attached hydrogen (secondary N) is 3. The second-order valence-corrected chi connectivity index (χ2v) is 6.53. The summed E-state index contributed by atoms with van der Waals surface area (Å²) in [6.45, 7) is 4.48. The van der Waals surface area contributed by atoms with Gasteiger partial charge in [-0.25, -0.2) is 0 Å². The van der Waals surface area contributed by atoms with Gasteiger partial charge in [-0.1, -0.05) is 6.07 Å². The van der Waals surface area contributed by atoms with Crippen molar-refractivity contribution in [1.82, 2.24) is 5.32 Å². The van der Waals surface area contributed by atoms with Crippen LogP contribution in [0.1, 0.15) is 34.3 Å². The molecule has 4 N–H and O–H groups in total. The van der Waals surface area contributed by atoms with E-state index in [-0.39, 0.29) is 24.8 Å². The highest BCUT2D eigenvalue weighted by molar-refractivity contribution is 5.96. The summed E-state index contributed by atoms with van der Waals surface area (Å²) in [6.07, 6.45) is 0.393. The summed E-state index contributed by atoms with van der Waals surface area (Å²) in [5.41, 5.74) is 4.27. The van der Waals surface area contributed by atoms with E-state index in [0.717, 1.165) is 11.3 Å². The Morgan fingerprint density at radius 1 is 0.929 bits per heavy atom. The molecule has 0 atom stereocenters. The Hall–Kier alpha value is -3.35. The number of rotatable bonds is 9. The fourth-order valence-electron chi connectivity index (χ4n) is 2.49. The Morgan fingerprint density at radius 3 is 2.25 bits per heavy atom. The minimum Gasteiger partial charge on any atom is -0.481 e. The van der Waals surface area contributed by atoms with Crippen molar-refractivity contribution in [3.05, 3.63) is 59.2 Å². The zero-order valence-corrected chi connectivity index (χ0v) is 16.0. The van der Waals surface area contributed by atoms with Crippen molar-refractivity contribution >= 4 is 29.2 Å². The minimum absolute atomic E-state index is 0.0153. The maximum atomic E-state index is 12.1. The number of benzene rings is 2. The Morgan fingerprint density at radius 2 is 1.61 bits per heavy atom. The van der Waals surface area contributed by atoms with Crippen molar-refractivity contribution in [3.8, 4) is 0 Å². The van der Waals surface area contributed by atoms with Gasteiger partial charge in [-0.3, -0.25) is 14.4 Å². The molecule has 148 valence electrons. The highest BCUT2D eigenvalue weighted by Gasteiger charge is 2.07. The number of carbonyl (C=O) groups is 3. The summed E-state index contributed by atoms with van der Waals surface area (Å²) < 4.78 is 0. The van der Waals surface area contributed by atoms with Crippen molar-refractivity contribution in [1.29, 1.82) is 0 Å². The molecule has 0 saturated heterocycles. The van der Waals surface area contributed by atoms with E-state index in [1.54, 1.807) is 24.3 Å². The number of aryl methyl sites for hydroxylation is 2. The van der Waals surface area contributed by atoms with Crippen LogP contribution in [-0.2, 0) is 9.59 Å². The van der Waals surface area contributed by atoms with Crippen molar-refractivity contribution in [3.63, 3.8) is 0 Å². The first-order chi connectivity index (χ1) is 13.3. The molecule has 0 heterocycles. The molecule has 0 aliphatic rings. The van der Waals surface area contributed by atoms with E-state index in [2.05, 4.69) is 16.0 Å². The van der Waals surface area contributed by atoms with E-state index in [4.69, 9.17) is 5.11 Å². The lowest BCUT2D eigenvalue weighted by molar-refractivity contribution is -0.137. The second kappa shape index (κ2) is 10.1. The monoisotopic (exact) mass is 383 g/mol. The van der Waals surface area contributed by atoms with E-state index in [1.807, 2.05) is 32.0 Å². The second-order valence-electron chi connectivity index (χ2n) is 6.53. The first-order valence-electron chi connectivity index (χ1n) is 9.06. The topological polar surface area (TPSA) is 108 Å². The van der Waals surface area contributed by atoms with Crippen LogP contribution >= 0.6 is 0 Å². The third kappa shape index (κ3) is 6.75. The Bertz CT molecular complexity index is 847. The number of anilines is 2. The number of carboxylic acids is 1. The van der Waals surface area contributed by atoms with Gasteiger partial charge in [0.2, 0.25) is 5.91 Å². The van der Waals surface area contributed by atoms with Gasteiger partial charge < -0.3 is 21.1 Å². The number of carbonyl (C=O) groups excluding carboxylic acids is 2. The molecule has 2 rings (SSSR count). The smallest absolute Gasteiger partial charge is 0.303 e. The zero-order valence-electron chi connectivity index (χ0n) is 16.0. The van der Waals surface area contributed by atoms with Crippen LogP contribution < -0.4 is 16.0 Å². The van der Waals surface area contributed by atoms with E-state index >= 15 is 0 Å². The van der Waals surface area contributed by atoms with Gasteiger partial charge in [-0.2, -0.15) is 0 Å². The minimum atomic E-state index is -0.888. The third-order valence-electron chi connectivity index (χ3n) is 4.24. The summed E-state index contributed by atoms with van der Waals surface area (Å²) in [5.74, 6) is -1.36. The molecular formula is C21H25N3O4. The Balaban J connectivity index is 1.79. The van der Waals surface area contributed by atoms with Crippen LogP contribution in [0.2, 0.25) is 0 Å². The average Bonchev–Trinajstić information content (AvgIpc) is 2.66. The van der Waals surface area contributed by atoms with Crippen molar-refractivity contribution < 1.29 is 19.5 Å². The Labute approximate surface area is 164 Å². The fourth-order valence-corrected chi connectivity index (χ4v) is 2.49. The van der Waals surface area contributed by atoms with Crippen molar-refractivity contribution in [2.24, 2.45) is 0 Å². The van der Waals surface area contributed by atoms with E-state index < -0.39 is 5.97 Å². The molecule has 7 heteroatoms. The predicted molar refractivity (Wildman–Crippen MR) is 109 cm³/mol. The molecule has 0 saturated carbocycles. The molecule has 2 aromatic rings. The summed E-state index contributed by atoms with van der Waals surface area (Å²) in [5, 5.41) is 17.1. The third-order valence-corrected chi connectivity index (χ3v) is 4.24. The van der Waals surface area contributed by atoms with Crippen LogP contribution in [0.15, 0.2) is 42.5 Å². The molecule has 0 unspecified atom stereocenters. The molecular weight excluding hydrogens is 358 g/mol. The molecule has 0 radical (unpaired) electrons. The molecule has 0 bridgehead atoms. The van der Waals surface area contributed by atoms with E-state index in [0.29, 0.717) is 24.2 Å². The van der Waals surface area contributed by atoms with Gasteiger partial charge in [0.1, 0.15) is 0 Å². The molecule has 0 fully saturated rings. The van der Waals surface area contributed by atoms with Crippen LogP contribution in [-0.4, -0.2) is 36.0 Å². The maximum absolute atomic E-state index is 12.1. The zero-order chi connectivity index (χ0) is 20.5. The van der Waals surface area contributed by atoms with Gasteiger partial charge in [0.25, 0.3) is 5.91 Å². The largest absolute Gasteiger partial charge is 0.481 e. The van der Waals surface area contributed by atoms with E-state index in [9.17, 15) is 14.4 Å². The Kier molecular flexibility index (Phi) is 7.56. The van der Waals surface area contributed by atoms with Crippen LogP contribution in [0, 0.1) is 13.8 Å². The standard InChI is InChI=1S/C21H25N3O4/c1-14-5-8-18(12-15(14)2)23-13-19(25)24-17-9-6-16(7-10-17)21(28)22-11-3-4-20(26)27/h5-10,12,23H,3-4,11,13H2,1-2H3,(H,22,28)(H,24,25)(H,26,27). The molecule has 0 aromatic heterocycles. The van der Waals surface area contributed by atoms with Crippen LogP contribution in [0.25, 0.3) is 0 Å². The fraction of sp³-hybridized carbons (Fsp3) is 0.286. The van der Waals surface area contributed by atoms with Gasteiger partial charge in [0, 0.05) is 29.9 Å². The summed E-state index contributed by atoms with van der Waals surface area (Å²) in [7, 11) is 0. The number of amides is 2. The molecule has 2 aromatic carbocycles. The molecule has 0 aliphatic heterocycles. The lowest BCUT2D eigenvalue weighted by Gasteiger charge is -2.10. The molecule has 2 amide bonds. The van der Waals surface area contributed by atoms with Gasteiger partial charge in [-0.05, 0) is 67.8 Å². The molecule has 0 spiro atoms. The maximum Gasteiger partial charge on any atom is 0.303 e. The summed E-state index contributed by atoms with van der Waals surface area (Å²) >= 11 is 0. The van der Waals surface area contributed by atoms with Crippen LogP contribution in [0.4, 0.5) is 11.4 Å². The number of hydrogen-bond acceptors (Lipinski definition) is 4. The lowest BCUT2D eigenvalue weighted by atomic mass is 10.1. The van der Waals surface area contributed by atoms with Gasteiger partial charge in [0.05, 0.1) is 6.54 Å². The molecule has 7 nitrogen and oxygen atoms in total. The first-order valence-corrected chi connectivity index (χ1v) is 9.06. The summed E-state index contributed by atoms with van der Waals surface area (Å²) in [4.78, 5) is 34.5. The average molecular weight is 383 g/mol. The number of carboxylic acid groups (broad SMARTS) is 1. The van der Waals surface area contributed by atoms with Crippen molar-refractivity contribution in [2.45, 2.75) is 26.7 Å². The SMILES string of the molecule is Cc1ccc(NCC(=O)Nc2ccc(C(=O)NCCCC(=O)O)cc2)cc1C.